The molecular formula is C56H52N4. The lowest BCUT2D eigenvalue weighted by Crippen LogP contribution is -2.17. The molecule has 0 N–H and O–H groups in total. The minimum absolute atomic E-state index is 0.0395. The fraction of sp³-hybridized carbons (Fsp3) is 0.250. The molecule has 0 amide bonds. The molecule has 60 heavy (non-hydrogen) atoms. The van der Waals surface area contributed by atoms with Crippen LogP contribution in [0.4, 0.5) is 0 Å². The summed E-state index contributed by atoms with van der Waals surface area (Å²) in [4.78, 5) is 20.7. The van der Waals surface area contributed by atoms with Crippen LogP contribution in [0.2, 0.25) is 0 Å². The highest BCUT2D eigenvalue weighted by atomic mass is 15.0. The summed E-state index contributed by atoms with van der Waals surface area (Å²) in [7, 11) is 0. The lowest BCUT2D eigenvalue weighted by molar-refractivity contribution is 0.590. The van der Waals surface area contributed by atoms with Crippen molar-refractivity contribution in [1.82, 2.24) is 19.9 Å². The van der Waals surface area contributed by atoms with E-state index >= 15 is 0 Å². The molecular weight excluding hydrogens is 729 g/mol. The van der Waals surface area contributed by atoms with Crippen molar-refractivity contribution in [1.29, 1.82) is 0 Å². The van der Waals surface area contributed by atoms with Gasteiger partial charge in [0.25, 0.3) is 0 Å². The van der Waals surface area contributed by atoms with Crippen LogP contribution in [0.15, 0.2) is 134 Å². The van der Waals surface area contributed by atoms with E-state index in [0.29, 0.717) is 17.5 Å². The molecule has 296 valence electrons. The molecule has 10 rings (SSSR count). The molecule has 0 spiro atoms. The fourth-order valence-corrected chi connectivity index (χ4v) is 9.67. The van der Waals surface area contributed by atoms with Crippen LogP contribution in [-0.4, -0.2) is 19.9 Å². The molecule has 2 aliphatic rings. The van der Waals surface area contributed by atoms with Gasteiger partial charge >= 0.3 is 0 Å². The topological polar surface area (TPSA) is 51.6 Å². The number of rotatable bonds is 4. The van der Waals surface area contributed by atoms with Crippen molar-refractivity contribution in [2.24, 2.45) is 0 Å². The van der Waals surface area contributed by atoms with E-state index in [9.17, 15) is 0 Å². The van der Waals surface area contributed by atoms with Gasteiger partial charge in [-0.25, -0.2) is 15.0 Å². The summed E-state index contributed by atoms with van der Waals surface area (Å²) in [6.07, 6.45) is 1.96. The Morgan fingerprint density at radius 3 is 1.40 bits per heavy atom. The van der Waals surface area contributed by atoms with Gasteiger partial charge in [-0.2, -0.15) is 0 Å². The highest BCUT2D eigenvalue weighted by Gasteiger charge is 2.41. The number of nitrogens with zero attached hydrogens (tertiary/aromatic N) is 4. The predicted molar refractivity (Wildman–Crippen MR) is 249 cm³/mol. The predicted octanol–water partition coefficient (Wildman–Crippen LogP) is 14.3. The minimum Gasteiger partial charge on any atom is -0.255 e. The van der Waals surface area contributed by atoms with E-state index in [0.717, 1.165) is 38.7 Å². The average Bonchev–Trinajstić information content (AvgIpc) is 3.60. The first-order valence-electron chi connectivity index (χ1n) is 21.3. The van der Waals surface area contributed by atoms with Gasteiger partial charge in [-0.3, -0.25) is 4.98 Å². The molecule has 0 saturated heterocycles. The van der Waals surface area contributed by atoms with E-state index in [1.165, 1.54) is 55.6 Å². The van der Waals surface area contributed by atoms with Gasteiger partial charge in [0.05, 0.1) is 5.69 Å². The van der Waals surface area contributed by atoms with Crippen molar-refractivity contribution < 1.29 is 0 Å². The van der Waals surface area contributed by atoms with Crippen molar-refractivity contribution in [3.05, 3.63) is 167 Å². The maximum atomic E-state index is 5.25. The van der Waals surface area contributed by atoms with Crippen LogP contribution >= 0.6 is 0 Å². The Morgan fingerprint density at radius 1 is 0.383 bits per heavy atom. The third kappa shape index (κ3) is 5.94. The summed E-state index contributed by atoms with van der Waals surface area (Å²) < 4.78 is 0. The van der Waals surface area contributed by atoms with E-state index in [2.05, 4.69) is 197 Å². The quantitative estimate of drug-likeness (QED) is 0.178. The Balaban J connectivity index is 1.09. The number of fused-ring (bicyclic) bond motifs is 7. The summed E-state index contributed by atoms with van der Waals surface area (Å²) in [6.45, 7) is 22.9. The fourth-order valence-electron chi connectivity index (χ4n) is 9.67. The molecule has 0 saturated carbocycles. The van der Waals surface area contributed by atoms with Gasteiger partial charge in [0, 0.05) is 44.7 Å². The Morgan fingerprint density at radius 2 is 0.833 bits per heavy atom. The Hall–Kier alpha value is -6.26. The summed E-state index contributed by atoms with van der Waals surface area (Å²) in [6, 6.07) is 46.7. The summed E-state index contributed by atoms with van der Waals surface area (Å²) in [5, 5.41) is 2.12. The molecule has 2 aliphatic carbocycles. The van der Waals surface area contributed by atoms with Crippen LogP contribution in [0.3, 0.4) is 0 Å². The third-order valence-electron chi connectivity index (χ3n) is 13.3. The van der Waals surface area contributed by atoms with Crippen LogP contribution in [-0.2, 0) is 21.7 Å². The molecule has 4 heteroatoms. The number of hydrogen-bond acceptors (Lipinski definition) is 4. The smallest absolute Gasteiger partial charge is 0.166 e. The monoisotopic (exact) mass is 780 g/mol. The molecule has 2 aromatic heterocycles. The van der Waals surface area contributed by atoms with Gasteiger partial charge in [-0.05, 0) is 90.0 Å². The highest BCUT2D eigenvalue weighted by molar-refractivity contribution is 6.03. The van der Waals surface area contributed by atoms with Crippen molar-refractivity contribution in [2.45, 2.75) is 90.9 Å². The number of hydrogen-bond donors (Lipinski definition) is 0. The number of aromatic nitrogens is 4. The van der Waals surface area contributed by atoms with Gasteiger partial charge in [0.15, 0.2) is 17.5 Å². The van der Waals surface area contributed by atoms with Crippen LogP contribution < -0.4 is 0 Å². The SMILES string of the molecule is CC(C)(C)c1ccc(-c2nc(-c3ccc(C(C)(C)C)cc3)nc(-c3cnc(-c4ccc5c(c4)C(C)(C)c4cc6c(cc4-5)C(C)(C)c4ccccc4-6)c4ccccc34)n2)cc1. The molecule has 0 aliphatic heterocycles. The molecule has 2 heterocycles. The number of benzene rings is 6. The summed E-state index contributed by atoms with van der Waals surface area (Å²) in [5.74, 6) is 1.89. The van der Waals surface area contributed by atoms with Gasteiger partial charge in [0.2, 0.25) is 0 Å². The maximum Gasteiger partial charge on any atom is 0.166 e. The summed E-state index contributed by atoms with van der Waals surface area (Å²) in [5.41, 5.74) is 18.1. The van der Waals surface area contributed by atoms with Crippen molar-refractivity contribution in [2.75, 3.05) is 0 Å². The average molecular weight is 781 g/mol. The van der Waals surface area contributed by atoms with Gasteiger partial charge in [0.1, 0.15) is 0 Å². The zero-order valence-corrected chi connectivity index (χ0v) is 36.5. The van der Waals surface area contributed by atoms with Crippen molar-refractivity contribution in [3.63, 3.8) is 0 Å². The van der Waals surface area contributed by atoms with Crippen LogP contribution in [0.25, 0.3) is 78.4 Å². The second-order valence-corrected chi connectivity index (χ2v) is 20.0. The first kappa shape index (κ1) is 38.0. The zero-order valence-electron chi connectivity index (χ0n) is 36.5. The Bertz CT molecular complexity index is 2950. The minimum atomic E-state index is -0.180. The van der Waals surface area contributed by atoms with Gasteiger partial charge in [-0.15, -0.1) is 0 Å². The molecule has 0 bridgehead atoms. The van der Waals surface area contributed by atoms with E-state index in [1.54, 1.807) is 0 Å². The number of pyridine rings is 1. The molecule has 4 nitrogen and oxygen atoms in total. The van der Waals surface area contributed by atoms with Crippen molar-refractivity contribution >= 4 is 10.8 Å². The molecule has 8 aromatic rings. The van der Waals surface area contributed by atoms with Gasteiger partial charge < -0.3 is 0 Å². The second kappa shape index (κ2) is 13.1. The van der Waals surface area contributed by atoms with Crippen LogP contribution in [0.5, 0.6) is 0 Å². The first-order valence-corrected chi connectivity index (χ1v) is 21.3. The Kier molecular flexibility index (Phi) is 8.30. The zero-order chi connectivity index (χ0) is 41.9. The summed E-state index contributed by atoms with van der Waals surface area (Å²) >= 11 is 0. The molecule has 6 aromatic carbocycles. The maximum absolute atomic E-state index is 5.25. The molecule has 0 radical (unpaired) electrons. The normalized spacial score (nSPS) is 14.8. The highest BCUT2D eigenvalue weighted by Crippen LogP contribution is 2.56. The van der Waals surface area contributed by atoms with Crippen molar-refractivity contribution in [3.8, 4) is 67.7 Å². The standard InChI is InChI=1S/C56H52N4/c1-53(2,3)36-24-19-33(20-25-36)50-58-51(34-21-26-37(27-22-34)54(4,5)6)60-52(59-50)44-32-57-49(41-17-12-11-15-38(41)44)35-23-28-40-43-31-47-42(30-48(43)56(9,10)46(40)29-35)39-16-13-14-18-45(39)55(47,7)8/h11-32H,1-10H3. The first-order chi connectivity index (χ1) is 28.5. The lowest BCUT2D eigenvalue weighted by atomic mass is 9.79. The third-order valence-corrected chi connectivity index (χ3v) is 13.3. The van der Waals surface area contributed by atoms with Crippen LogP contribution in [0, 0.1) is 0 Å². The molecule has 0 fully saturated rings. The van der Waals surface area contributed by atoms with Gasteiger partial charge in [-0.1, -0.05) is 178 Å². The van der Waals surface area contributed by atoms with Crippen LogP contribution in [0.1, 0.15) is 103 Å². The van der Waals surface area contributed by atoms with E-state index in [4.69, 9.17) is 19.9 Å². The molecule has 0 unspecified atom stereocenters. The van der Waals surface area contributed by atoms with E-state index in [-0.39, 0.29) is 21.7 Å². The largest absolute Gasteiger partial charge is 0.255 e. The van der Waals surface area contributed by atoms with E-state index < -0.39 is 0 Å². The van der Waals surface area contributed by atoms with E-state index in [1.807, 2.05) is 6.20 Å². The Labute approximate surface area is 354 Å². The second-order valence-electron chi connectivity index (χ2n) is 20.0. The molecule has 0 atom stereocenters. The lowest BCUT2D eigenvalue weighted by Gasteiger charge is -2.24.